The highest BCUT2D eigenvalue weighted by atomic mass is 19.4. The van der Waals surface area contributed by atoms with Crippen LogP contribution in [0.5, 0.6) is 5.75 Å². The van der Waals surface area contributed by atoms with E-state index in [1.54, 1.807) is 0 Å². The number of ether oxygens (including phenoxy) is 1. The third kappa shape index (κ3) is 7.30. The van der Waals surface area contributed by atoms with Gasteiger partial charge < -0.3 is 4.74 Å². The van der Waals surface area contributed by atoms with E-state index in [0.29, 0.717) is 11.3 Å². The summed E-state index contributed by atoms with van der Waals surface area (Å²) in [6.07, 6.45) is 3.02. The molecule has 1 aromatic heterocycles. The highest BCUT2D eigenvalue weighted by Gasteiger charge is 2.30. The van der Waals surface area contributed by atoms with E-state index in [1.165, 1.54) is 49.1 Å². The van der Waals surface area contributed by atoms with Crippen LogP contribution in [0.1, 0.15) is 49.4 Å². The SMILES string of the molecule is CCCCCCc1ccc(C#Cc2ccc(OC(F)(F)F)cc2)nc1. The Morgan fingerprint density at radius 1 is 0.960 bits per heavy atom. The lowest BCUT2D eigenvalue weighted by Crippen LogP contribution is -2.16. The summed E-state index contributed by atoms with van der Waals surface area (Å²) in [6, 6.07) is 9.33. The van der Waals surface area contributed by atoms with Gasteiger partial charge in [-0.1, -0.05) is 38.2 Å². The summed E-state index contributed by atoms with van der Waals surface area (Å²) >= 11 is 0. The zero-order valence-electron chi connectivity index (χ0n) is 14.1. The van der Waals surface area contributed by atoms with Gasteiger partial charge in [0.05, 0.1) is 0 Å². The highest BCUT2D eigenvalue weighted by molar-refractivity contribution is 5.42. The van der Waals surface area contributed by atoms with Gasteiger partial charge >= 0.3 is 6.36 Å². The molecule has 0 spiro atoms. The Morgan fingerprint density at radius 2 is 1.72 bits per heavy atom. The number of aryl methyl sites for hydroxylation is 1. The van der Waals surface area contributed by atoms with Crippen molar-refractivity contribution in [2.24, 2.45) is 0 Å². The van der Waals surface area contributed by atoms with Gasteiger partial charge in [-0.3, -0.25) is 0 Å². The number of hydrogen-bond acceptors (Lipinski definition) is 2. The number of benzene rings is 1. The van der Waals surface area contributed by atoms with Crippen LogP contribution in [-0.4, -0.2) is 11.3 Å². The third-order valence-corrected chi connectivity index (χ3v) is 3.57. The van der Waals surface area contributed by atoms with Crippen LogP contribution in [0.3, 0.4) is 0 Å². The van der Waals surface area contributed by atoms with Crippen molar-refractivity contribution in [2.75, 3.05) is 0 Å². The number of halogens is 3. The lowest BCUT2D eigenvalue weighted by molar-refractivity contribution is -0.274. The molecule has 0 unspecified atom stereocenters. The molecule has 2 aromatic rings. The standard InChI is InChI=1S/C20H20F3NO/c1-2-3-4-5-6-17-8-12-18(24-15-17)11-7-16-9-13-19(14-10-16)25-20(21,22)23/h8-10,12-15H,2-6H2,1H3. The van der Waals surface area contributed by atoms with Crippen LogP contribution in [0.15, 0.2) is 42.6 Å². The summed E-state index contributed by atoms with van der Waals surface area (Å²) in [6.45, 7) is 2.19. The minimum absolute atomic E-state index is 0.261. The second-order valence-corrected chi connectivity index (χ2v) is 5.68. The van der Waals surface area contributed by atoms with Gasteiger partial charge in [-0.2, -0.15) is 0 Å². The van der Waals surface area contributed by atoms with Crippen LogP contribution < -0.4 is 4.74 Å². The number of aromatic nitrogens is 1. The number of pyridine rings is 1. The van der Waals surface area contributed by atoms with Crippen molar-refractivity contribution in [3.8, 4) is 17.6 Å². The lowest BCUT2D eigenvalue weighted by atomic mass is 10.1. The van der Waals surface area contributed by atoms with E-state index in [0.717, 1.165) is 12.8 Å². The van der Waals surface area contributed by atoms with Crippen molar-refractivity contribution in [3.05, 3.63) is 59.4 Å². The molecule has 0 aliphatic heterocycles. The molecule has 1 heterocycles. The van der Waals surface area contributed by atoms with Crippen LogP contribution >= 0.6 is 0 Å². The van der Waals surface area contributed by atoms with Crippen LogP contribution in [0.2, 0.25) is 0 Å². The lowest BCUT2D eigenvalue weighted by Gasteiger charge is -2.07. The maximum absolute atomic E-state index is 12.1. The Labute approximate surface area is 146 Å². The first-order valence-corrected chi connectivity index (χ1v) is 8.29. The summed E-state index contributed by atoms with van der Waals surface area (Å²) in [5, 5.41) is 0. The molecule has 132 valence electrons. The van der Waals surface area contributed by atoms with Crippen molar-refractivity contribution in [2.45, 2.75) is 45.4 Å². The number of nitrogens with zero attached hydrogens (tertiary/aromatic N) is 1. The highest BCUT2D eigenvalue weighted by Crippen LogP contribution is 2.22. The predicted molar refractivity (Wildman–Crippen MR) is 91.2 cm³/mol. The van der Waals surface area contributed by atoms with Gasteiger partial charge in [0.25, 0.3) is 0 Å². The fourth-order valence-electron chi connectivity index (χ4n) is 2.28. The molecule has 0 aliphatic carbocycles. The molecule has 2 nitrogen and oxygen atoms in total. The van der Waals surface area contributed by atoms with Gasteiger partial charge in [0.1, 0.15) is 11.4 Å². The molecule has 0 atom stereocenters. The van der Waals surface area contributed by atoms with Crippen molar-refractivity contribution >= 4 is 0 Å². The molecule has 0 bridgehead atoms. The Balaban J connectivity index is 1.92. The molecule has 0 saturated heterocycles. The zero-order valence-corrected chi connectivity index (χ0v) is 14.1. The fourth-order valence-corrected chi connectivity index (χ4v) is 2.28. The minimum Gasteiger partial charge on any atom is -0.406 e. The Morgan fingerprint density at radius 3 is 2.32 bits per heavy atom. The van der Waals surface area contributed by atoms with Crippen molar-refractivity contribution in [3.63, 3.8) is 0 Å². The number of unbranched alkanes of at least 4 members (excludes halogenated alkanes) is 3. The van der Waals surface area contributed by atoms with Crippen molar-refractivity contribution in [1.29, 1.82) is 0 Å². The Kier molecular flexibility index (Phi) is 6.88. The van der Waals surface area contributed by atoms with Crippen LogP contribution in [0.25, 0.3) is 0 Å². The van der Waals surface area contributed by atoms with E-state index < -0.39 is 6.36 Å². The summed E-state index contributed by atoms with van der Waals surface area (Å²) in [5.74, 6) is 5.53. The van der Waals surface area contributed by atoms with E-state index in [-0.39, 0.29) is 5.75 Å². The quantitative estimate of drug-likeness (QED) is 0.508. The summed E-state index contributed by atoms with van der Waals surface area (Å²) < 4.78 is 40.1. The van der Waals surface area contributed by atoms with Crippen LogP contribution in [-0.2, 0) is 6.42 Å². The smallest absolute Gasteiger partial charge is 0.406 e. The molecule has 0 radical (unpaired) electrons. The third-order valence-electron chi connectivity index (χ3n) is 3.57. The molecular formula is C20H20F3NO. The topological polar surface area (TPSA) is 22.1 Å². The van der Waals surface area contributed by atoms with Crippen molar-refractivity contribution < 1.29 is 17.9 Å². The molecule has 5 heteroatoms. The van der Waals surface area contributed by atoms with E-state index in [4.69, 9.17) is 0 Å². The first kappa shape index (κ1) is 18.9. The Bertz CT molecular complexity index is 710. The number of alkyl halides is 3. The summed E-state index contributed by atoms with van der Waals surface area (Å²) in [7, 11) is 0. The first-order chi connectivity index (χ1) is 12.0. The largest absolute Gasteiger partial charge is 0.573 e. The average molecular weight is 347 g/mol. The summed E-state index contributed by atoms with van der Waals surface area (Å²) in [4.78, 5) is 4.31. The van der Waals surface area contributed by atoms with Crippen molar-refractivity contribution in [1.82, 2.24) is 4.98 Å². The Hall–Kier alpha value is -2.48. The molecule has 0 amide bonds. The number of rotatable bonds is 6. The fraction of sp³-hybridized carbons (Fsp3) is 0.350. The van der Waals surface area contributed by atoms with Gasteiger partial charge in [0.2, 0.25) is 0 Å². The molecule has 0 fully saturated rings. The first-order valence-electron chi connectivity index (χ1n) is 8.29. The normalized spacial score (nSPS) is 10.9. The van der Waals surface area contributed by atoms with E-state index in [9.17, 15) is 13.2 Å². The van der Waals surface area contributed by atoms with Gasteiger partial charge in [0, 0.05) is 11.8 Å². The molecular weight excluding hydrogens is 327 g/mol. The van der Waals surface area contributed by atoms with E-state index in [2.05, 4.69) is 28.5 Å². The second kappa shape index (κ2) is 9.12. The van der Waals surface area contributed by atoms with Crippen LogP contribution in [0, 0.1) is 11.8 Å². The number of hydrogen-bond donors (Lipinski definition) is 0. The molecule has 0 aliphatic rings. The maximum Gasteiger partial charge on any atom is 0.573 e. The molecule has 1 aromatic carbocycles. The van der Waals surface area contributed by atoms with Crippen LogP contribution in [0.4, 0.5) is 13.2 Å². The van der Waals surface area contributed by atoms with E-state index >= 15 is 0 Å². The molecule has 25 heavy (non-hydrogen) atoms. The van der Waals surface area contributed by atoms with Gasteiger partial charge in [-0.25, -0.2) is 4.98 Å². The molecule has 2 rings (SSSR count). The second-order valence-electron chi connectivity index (χ2n) is 5.68. The molecule has 0 saturated carbocycles. The van der Waals surface area contributed by atoms with Gasteiger partial charge in [0.15, 0.2) is 0 Å². The van der Waals surface area contributed by atoms with E-state index in [1.807, 2.05) is 18.3 Å². The monoisotopic (exact) mass is 347 g/mol. The average Bonchev–Trinajstić information content (AvgIpc) is 2.58. The van der Waals surface area contributed by atoms with Gasteiger partial charge in [-0.05, 0) is 54.7 Å². The summed E-state index contributed by atoms with van der Waals surface area (Å²) in [5.41, 5.74) is 2.42. The predicted octanol–water partition coefficient (Wildman–Crippen LogP) is 5.50. The zero-order chi connectivity index (χ0) is 18.1. The maximum atomic E-state index is 12.1. The van der Waals surface area contributed by atoms with Gasteiger partial charge in [-0.15, -0.1) is 13.2 Å². The molecule has 0 N–H and O–H groups in total. The minimum atomic E-state index is -4.69.